The molecule has 39 heavy (non-hydrogen) atoms. The van der Waals surface area contributed by atoms with Crippen molar-refractivity contribution in [2.75, 3.05) is 13.1 Å². The number of aromatic nitrogens is 1. The number of piperidine rings is 1. The van der Waals surface area contributed by atoms with E-state index in [0.717, 1.165) is 24.2 Å². The summed E-state index contributed by atoms with van der Waals surface area (Å²) in [5, 5.41) is 25.5. The quantitative estimate of drug-likeness (QED) is 0.381. The minimum Gasteiger partial charge on any atom is -0.508 e. The molecule has 0 bridgehead atoms. The topological polar surface area (TPSA) is 149 Å². The minimum atomic E-state index is -1.21. The van der Waals surface area contributed by atoms with Crippen LogP contribution in [0.4, 0.5) is 0 Å². The van der Waals surface area contributed by atoms with Crippen molar-refractivity contribution < 1.29 is 19.8 Å². The fourth-order valence-electron chi connectivity index (χ4n) is 6.51. The van der Waals surface area contributed by atoms with E-state index < -0.39 is 34.4 Å². The molecule has 0 spiro atoms. The fourth-order valence-corrected chi connectivity index (χ4v) is 6.51. The van der Waals surface area contributed by atoms with Crippen LogP contribution in [0.3, 0.4) is 0 Å². The van der Waals surface area contributed by atoms with Crippen molar-refractivity contribution in [1.29, 1.82) is 0 Å². The van der Waals surface area contributed by atoms with Gasteiger partial charge in [0.25, 0.3) is 11.5 Å². The van der Waals surface area contributed by atoms with Gasteiger partial charge in [-0.05, 0) is 87.4 Å². The molecule has 2 amide bonds. The molecular formula is C30H42N4O5. The number of carbonyl (C=O) groups is 2. The van der Waals surface area contributed by atoms with E-state index in [1.54, 1.807) is 18.2 Å². The number of hydrogen-bond acceptors (Lipinski definition) is 6. The number of amides is 2. The summed E-state index contributed by atoms with van der Waals surface area (Å²) in [7, 11) is 0. The Balaban J connectivity index is 0.00000172. The molecule has 1 aromatic carbocycles. The number of fused-ring (bicyclic) bond motifs is 2. The number of nitrogens with zero attached hydrogens (tertiary/aromatic N) is 1. The predicted molar refractivity (Wildman–Crippen MR) is 150 cm³/mol. The van der Waals surface area contributed by atoms with Gasteiger partial charge in [0.1, 0.15) is 17.4 Å². The second-order valence-electron chi connectivity index (χ2n) is 11.3. The van der Waals surface area contributed by atoms with Crippen LogP contribution in [-0.2, 0) is 23.1 Å². The zero-order chi connectivity index (χ0) is 28.7. The Bertz CT molecular complexity index is 1320. The van der Waals surface area contributed by atoms with E-state index in [4.69, 9.17) is 5.73 Å². The van der Waals surface area contributed by atoms with Gasteiger partial charge in [0, 0.05) is 36.5 Å². The predicted octanol–water partition coefficient (Wildman–Crippen LogP) is 2.29. The number of likely N-dealkylation sites (tertiary alicyclic amines) is 1. The summed E-state index contributed by atoms with van der Waals surface area (Å²) in [4.78, 5) is 42.5. The number of aromatic amines is 1. The lowest BCUT2D eigenvalue weighted by Crippen LogP contribution is -2.71. The van der Waals surface area contributed by atoms with Gasteiger partial charge in [-0.3, -0.25) is 19.3 Å². The maximum absolute atomic E-state index is 13.0. The smallest absolute Gasteiger partial charge is 0.261 e. The highest BCUT2D eigenvalue weighted by atomic mass is 16.3. The Hall–Kier alpha value is -3.17. The van der Waals surface area contributed by atoms with E-state index in [1.165, 1.54) is 19.8 Å². The third-order valence-corrected chi connectivity index (χ3v) is 8.99. The van der Waals surface area contributed by atoms with Crippen molar-refractivity contribution >= 4 is 11.8 Å². The fraction of sp³-hybridized carbons (Fsp3) is 0.567. The number of aryl methyl sites for hydroxylation is 1. The zero-order valence-electron chi connectivity index (χ0n) is 23.6. The summed E-state index contributed by atoms with van der Waals surface area (Å²) in [5.74, 6) is -0.582. The number of rotatable bonds is 6. The lowest BCUT2D eigenvalue weighted by Gasteiger charge is -2.60. The largest absolute Gasteiger partial charge is 0.508 e. The van der Waals surface area contributed by atoms with Crippen LogP contribution in [0, 0.1) is 12.8 Å². The molecule has 1 saturated carbocycles. The first-order valence-electron chi connectivity index (χ1n) is 14.1. The molecule has 4 unspecified atom stereocenters. The maximum atomic E-state index is 13.0. The van der Waals surface area contributed by atoms with Crippen LogP contribution in [0.5, 0.6) is 5.75 Å². The van der Waals surface area contributed by atoms with Crippen molar-refractivity contribution in [1.82, 2.24) is 15.2 Å². The number of phenolic OH excluding ortho intramolecular Hbond substituents is 1. The minimum absolute atomic E-state index is 0.116. The molecule has 3 aliphatic rings. The van der Waals surface area contributed by atoms with E-state index >= 15 is 0 Å². The molecule has 1 aliphatic heterocycles. The Morgan fingerprint density at radius 3 is 2.56 bits per heavy atom. The molecule has 9 heteroatoms. The Morgan fingerprint density at radius 2 is 1.92 bits per heavy atom. The molecule has 2 aromatic rings. The van der Waals surface area contributed by atoms with Crippen LogP contribution >= 0.6 is 0 Å². The second kappa shape index (κ2) is 10.8. The van der Waals surface area contributed by atoms with Crippen molar-refractivity contribution in [3.05, 3.63) is 62.6 Å². The number of phenols is 1. The number of hydrogen-bond donors (Lipinski definition) is 5. The summed E-state index contributed by atoms with van der Waals surface area (Å²) in [5.41, 5.74) is 5.90. The van der Waals surface area contributed by atoms with Crippen LogP contribution in [0.15, 0.2) is 29.1 Å². The first-order valence-corrected chi connectivity index (χ1v) is 14.1. The first kappa shape index (κ1) is 28.8. The molecule has 6 N–H and O–H groups in total. The molecule has 1 saturated heterocycles. The number of H-pyrrole nitrogens is 1. The van der Waals surface area contributed by atoms with Crippen molar-refractivity contribution in [2.24, 2.45) is 11.7 Å². The Morgan fingerprint density at radius 1 is 1.23 bits per heavy atom. The number of nitrogens with two attached hydrogens (primary N) is 1. The van der Waals surface area contributed by atoms with Gasteiger partial charge in [-0.1, -0.05) is 19.9 Å². The third kappa shape index (κ3) is 5.10. The van der Waals surface area contributed by atoms with Crippen molar-refractivity contribution in [3.8, 4) is 5.75 Å². The number of aliphatic hydroxyl groups is 1. The molecule has 4 atom stereocenters. The average molecular weight is 539 g/mol. The summed E-state index contributed by atoms with van der Waals surface area (Å²) in [6, 6.07) is 5.70. The summed E-state index contributed by atoms with van der Waals surface area (Å²) in [6.45, 7) is 11.2. The normalized spacial score (nSPS) is 26.9. The van der Waals surface area contributed by atoms with Gasteiger partial charge in [0.05, 0.1) is 5.60 Å². The summed E-state index contributed by atoms with van der Waals surface area (Å²) in [6.07, 6.45) is 3.71. The monoisotopic (exact) mass is 538 g/mol. The van der Waals surface area contributed by atoms with Crippen LogP contribution < -0.4 is 16.6 Å². The number of carbonyl (C=O) groups excluding carboxylic acids is 2. The molecule has 2 heterocycles. The SMILES string of the molecule is CC.Cc1ccc(O)cc1C12CCN(CC3CC3)C(C)C1(O)Cc1cc(C(=O)NC(C)C(N)=O)c(=O)[nH]c1C2. The Labute approximate surface area is 229 Å². The van der Waals surface area contributed by atoms with Gasteiger partial charge in [0.15, 0.2) is 0 Å². The zero-order valence-corrected chi connectivity index (χ0v) is 23.6. The lowest BCUT2D eigenvalue weighted by atomic mass is 9.53. The van der Waals surface area contributed by atoms with E-state index in [1.807, 2.05) is 26.8 Å². The highest BCUT2D eigenvalue weighted by molar-refractivity contribution is 5.97. The number of primary amides is 1. The van der Waals surface area contributed by atoms with Gasteiger partial charge >= 0.3 is 0 Å². The number of benzene rings is 1. The van der Waals surface area contributed by atoms with E-state index in [0.29, 0.717) is 30.0 Å². The molecule has 2 aliphatic carbocycles. The van der Waals surface area contributed by atoms with Gasteiger partial charge < -0.3 is 26.2 Å². The standard InChI is InChI=1S/C28H36N4O5.C2H6/c1-15-4-7-20(33)11-22(15)27-8-9-32(14-18-5-6-18)17(3)28(27,37)12-19-10-21(26(36)31-23(19)13-27)25(35)30-16(2)24(29)34;1-2/h4,7,10-11,16-18,33,37H,5-6,8-9,12-14H2,1-3H3,(H2,29,34)(H,30,35)(H,31,36);1-2H3. The molecule has 0 radical (unpaired) electrons. The molecule has 2 fully saturated rings. The summed E-state index contributed by atoms with van der Waals surface area (Å²) < 4.78 is 0. The van der Waals surface area contributed by atoms with E-state index in [9.17, 15) is 24.6 Å². The van der Waals surface area contributed by atoms with E-state index in [2.05, 4.69) is 22.1 Å². The van der Waals surface area contributed by atoms with Gasteiger partial charge in [-0.15, -0.1) is 0 Å². The first-order chi connectivity index (χ1) is 18.4. The molecule has 212 valence electrons. The van der Waals surface area contributed by atoms with Crippen LogP contribution in [0.2, 0.25) is 0 Å². The summed E-state index contributed by atoms with van der Waals surface area (Å²) >= 11 is 0. The highest BCUT2D eigenvalue weighted by Crippen LogP contribution is 2.54. The second-order valence-corrected chi connectivity index (χ2v) is 11.3. The molecule has 9 nitrogen and oxygen atoms in total. The van der Waals surface area contributed by atoms with Crippen LogP contribution in [-0.4, -0.2) is 62.7 Å². The highest BCUT2D eigenvalue weighted by Gasteiger charge is 2.61. The number of aromatic hydroxyl groups is 1. The maximum Gasteiger partial charge on any atom is 0.261 e. The van der Waals surface area contributed by atoms with Crippen molar-refractivity contribution in [2.45, 2.75) is 89.8 Å². The Kier molecular flexibility index (Phi) is 7.96. The third-order valence-electron chi connectivity index (χ3n) is 8.99. The average Bonchev–Trinajstić information content (AvgIpc) is 3.72. The number of pyridine rings is 1. The lowest BCUT2D eigenvalue weighted by molar-refractivity contribution is -0.139. The number of nitrogens with one attached hydrogen (secondary N) is 2. The van der Waals surface area contributed by atoms with E-state index in [-0.39, 0.29) is 23.8 Å². The van der Waals surface area contributed by atoms with Crippen LogP contribution in [0.25, 0.3) is 0 Å². The van der Waals surface area contributed by atoms with Gasteiger partial charge in [-0.2, -0.15) is 0 Å². The molecular weight excluding hydrogens is 496 g/mol. The molecule has 5 rings (SSSR count). The van der Waals surface area contributed by atoms with Gasteiger partial charge in [0.2, 0.25) is 5.91 Å². The van der Waals surface area contributed by atoms with Gasteiger partial charge in [-0.25, -0.2) is 0 Å². The van der Waals surface area contributed by atoms with Crippen molar-refractivity contribution in [3.63, 3.8) is 0 Å². The van der Waals surface area contributed by atoms with Crippen LogP contribution in [0.1, 0.15) is 79.7 Å². The molecule has 1 aromatic heterocycles.